The zero-order chi connectivity index (χ0) is 8.69. The first-order valence-corrected chi connectivity index (χ1v) is 3.73. The molecule has 3 nitrogen and oxygen atoms in total. The van der Waals surface area contributed by atoms with Gasteiger partial charge in [-0.05, 0) is 28.1 Å². The summed E-state index contributed by atoms with van der Waals surface area (Å²) in [5.74, 6) is 0. The fourth-order valence-corrected chi connectivity index (χ4v) is 0.741. The van der Waals surface area contributed by atoms with Crippen molar-refractivity contribution in [3.63, 3.8) is 0 Å². The molecule has 5 heteroatoms. The zero-order valence-corrected chi connectivity index (χ0v) is 7.71. The Labute approximate surface area is 77.1 Å². The van der Waals surface area contributed by atoms with Gasteiger partial charge in [0.25, 0.3) is 6.47 Å². The maximum Gasteiger partial charge on any atom is 0.290 e. The number of rotatable bonds is 0. The van der Waals surface area contributed by atoms with Crippen LogP contribution in [0.2, 0.25) is 5.15 Å². The normalized spacial score (nSPS) is 7.82. The minimum atomic E-state index is -0.250. The van der Waals surface area contributed by atoms with E-state index in [-0.39, 0.29) is 6.47 Å². The number of hydrogen-bond donors (Lipinski definition) is 1. The Morgan fingerprint density at radius 2 is 2.27 bits per heavy atom. The molecule has 0 fully saturated rings. The molecule has 0 spiro atoms. The lowest BCUT2D eigenvalue weighted by Gasteiger charge is -1.88. The number of carboxylic acid groups (broad SMARTS) is 1. The average Bonchev–Trinajstić information content (AvgIpc) is 1.97. The summed E-state index contributed by atoms with van der Waals surface area (Å²) in [6, 6.07) is 3.66. The quantitative estimate of drug-likeness (QED) is 0.557. The van der Waals surface area contributed by atoms with Crippen molar-refractivity contribution in [2.75, 3.05) is 0 Å². The predicted octanol–water partition coefficient (Wildman–Crippen LogP) is 2.20. The Hall–Kier alpha value is -0.610. The molecule has 1 N–H and O–H groups in total. The largest absolute Gasteiger partial charge is 0.483 e. The summed E-state index contributed by atoms with van der Waals surface area (Å²) >= 11 is 8.75. The molecule has 0 radical (unpaired) electrons. The molecule has 1 aromatic rings. The van der Waals surface area contributed by atoms with Crippen LogP contribution in [0.1, 0.15) is 0 Å². The molecule has 0 aliphatic heterocycles. The van der Waals surface area contributed by atoms with Crippen LogP contribution in [-0.4, -0.2) is 16.6 Å². The molecule has 0 unspecified atom stereocenters. The van der Waals surface area contributed by atoms with E-state index in [2.05, 4.69) is 20.9 Å². The molecular formula is C6H5BrClNO2. The van der Waals surface area contributed by atoms with Gasteiger partial charge in [0, 0.05) is 6.20 Å². The third-order valence-corrected chi connectivity index (χ3v) is 1.88. The SMILES string of the molecule is Clc1ncccc1Br.O=CO. The highest BCUT2D eigenvalue weighted by atomic mass is 79.9. The number of halogens is 2. The van der Waals surface area contributed by atoms with Crippen molar-refractivity contribution in [1.29, 1.82) is 0 Å². The zero-order valence-electron chi connectivity index (χ0n) is 5.37. The van der Waals surface area contributed by atoms with Crippen LogP contribution in [-0.2, 0) is 4.79 Å². The third-order valence-electron chi connectivity index (χ3n) is 0.714. The summed E-state index contributed by atoms with van der Waals surface area (Å²) in [4.78, 5) is 12.2. The molecule has 0 aliphatic carbocycles. The molecule has 60 valence electrons. The maximum atomic E-state index is 8.36. The summed E-state index contributed by atoms with van der Waals surface area (Å²) in [5, 5.41) is 7.40. The fourth-order valence-electron chi connectivity index (χ4n) is 0.366. The van der Waals surface area contributed by atoms with Gasteiger partial charge in [-0.25, -0.2) is 4.98 Å². The van der Waals surface area contributed by atoms with Gasteiger partial charge >= 0.3 is 0 Å². The van der Waals surface area contributed by atoms with Crippen LogP contribution in [0.15, 0.2) is 22.8 Å². The smallest absolute Gasteiger partial charge is 0.290 e. The molecule has 0 amide bonds. The lowest BCUT2D eigenvalue weighted by atomic mass is 10.5. The van der Waals surface area contributed by atoms with Crippen molar-refractivity contribution >= 4 is 34.0 Å². The first-order chi connectivity index (χ1) is 5.22. The van der Waals surface area contributed by atoms with Gasteiger partial charge in [-0.3, -0.25) is 4.79 Å². The molecule has 0 atom stereocenters. The van der Waals surface area contributed by atoms with E-state index in [1.54, 1.807) is 6.20 Å². The first kappa shape index (κ1) is 10.4. The van der Waals surface area contributed by atoms with E-state index in [4.69, 9.17) is 21.5 Å². The molecule has 1 rings (SSSR count). The minimum Gasteiger partial charge on any atom is -0.483 e. The second kappa shape index (κ2) is 6.12. The molecular weight excluding hydrogens is 233 g/mol. The van der Waals surface area contributed by atoms with Crippen molar-refractivity contribution in [2.24, 2.45) is 0 Å². The molecule has 0 saturated heterocycles. The minimum absolute atomic E-state index is 0.250. The van der Waals surface area contributed by atoms with Crippen LogP contribution in [0.5, 0.6) is 0 Å². The highest BCUT2D eigenvalue weighted by molar-refractivity contribution is 9.10. The summed E-state index contributed by atoms with van der Waals surface area (Å²) in [5.41, 5.74) is 0. The predicted molar refractivity (Wildman–Crippen MR) is 45.6 cm³/mol. The molecule has 0 aromatic carbocycles. The lowest BCUT2D eigenvalue weighted by Crippen LogP contribution is -1.71. The lowest BCUT2D eigenvalue weighted by molar-refractivity contribution is -0.122. The summed E-state index contributed by atoms with van der Waals surface area (Å²) in [7, 11) is 0. The molecule has 0 bridgehead atoms. The van der Waals surface area contributed by atoms with Gasteiger partial charge in [-0.15, -0.1) is 0 Å². The molecule has 0 aliphatic rings. The van der Waals surface area contributed by atoms with Crippen LogP contribution in [0, 0.1) is 0 Å². The number of nitrogens with zero attached hydrogens (tertiary/aromatic N) is 1. The Kier molecular flexibility index (Phi) is 5.78. The van der Waals surface area contributed by atoms with E-state index in [1.807, 2.05) is 12.1 Å². The second-order valence-corrected chi connectivity index (χ2v) is 2.59. The van der Waals surface area contributed by atoms with E-state index in [0.717, 1.165) is 4.47 Å². The highest BCUT2D eigenvalue weighted by Gasteiger charge is 1.90. The third kappa shape index (κ3) is 4.75. The summed E-state index contributed by atoms with van der Waals surface area (Å²) < 4.78 is 0.835. The fraction of sp³-hybridized carbons (Fsp3) is 0. The van der Waals surface area contributed by atoms with E-state index in [9.17, 15) is 0 Å². The van der Waals surface area contributed by atoms with Crippen molar-refractivity contribution in [2.45, 2.75) is 0 Å². The van der Waals surface area contributed by atoms with Crippen molar-refractivity contribution in [3.05, 3.63) is 28.0 Å². The molecule has 1 heterocycles. The van der Waals surface area contributed by atoms with Gasteiger partial charge in [0.05, 0.1) is 4.47 Å². The van der Waals surface area contributed by atoms with E-state index in [0.29, 0.717) is 5.15 Å². The summed E-state index contributed by atoms with van der Waals surface area (Å²) in [6.45, 7) is -0.250. The molecule has 11 heavy (non-hydrogen) atoms. The van der Waals surface area contributed by atoms with Crippen LogP contribution in [0.3, 0.4) is 0 Å². The number of carbonyl (C=O) groups is 1. The van der Waals surface area contributed by atoms with Crippen LogP contribution >= 0.6 is 27.5 Å². The second-order valence-electron chi connectivity index (χ2n) is 1.38. The Morgan fingerprint density at radius 1 is 1.73 bits per heavy atom. The van der Waals surface area contributed by atoms with E-state index >= 15 is 0 Å². The molecule has 0 saturated carbocycles. The Bertz CT molecular complexity index is 211. The topological polar surface area (TPSA) is 50.2 Å². The number of hydrogen-bond acceptors (Lipinski definition) is 2. The van der Waals surface area contributed by atoms with Gasteiger partial charge in [-0.1, -0.05) is 11.6 Å². The van der Waals surface area contributed by atoms with Crippen molar-refractivity contribution in [1.82, 2.24) is 4.98 Å². The van der Waals surface area contributed by atoms with Crippen molar-refractivity contribution in [3.8, 4) is 0 Å². The Balaban J connectivity index is 0.000000292. The van der Waals surface area contributed by atoms with Crippen LogP contribution in [0.4, 0.5) is 0 Å². The van der Waals surface area contributed by atoms with Gasteiger partial charge in [-0.2, -0.15) is 0 Å². The monoisotopic (exact) mass is 237 g/mol. The van der Waals surface area contributed by atoms with Gasteiger partial charge in [0.15, 0.2) is 0 Å². The standard InChI is InChI=1S/C5H3BrClN.CH2O2/c6-4-2-1-3-8-5(4)7;2-1-3/h1-3H;1H,(H,2,3). The van der Waals surface area contributed by atoms with Crippen LogP contribution < -0.4 is 0 Å². The van der Waals surface area contributed by atoms with Gasteiger partial charge in [0.1, 0.15) is 5.15 Å². The number of aromatic nitrogens is 1. The molecule has 1 aromatic heterocycles. The maximum absolute atomic E-state index is 8.36. The van der Waals surface area contributed by atoms with E-state index < -0.39 is 0 Å². The van der Waals surface area contributed by atoms with Crippen molar-refractivity contribution < 1.29 is 9.90 Å². The highest BCUT2D eigenvalue weighted by Crippen LogP contribution is 2.17. The van der Waals surface area contributed by atoms with Crippen LogP contribution in [0.25, 0.3) is 0 Å². The number of pyridine rings is 1. The average molecular weight is 238 g/mol. The van der Waals surface area contributed by atoms with E-state index in [1.165, 1.54) is 0 Å². The first-order valence-electron chi connectivity index (χ1n) is 2.56. The van der Waals surface area contributed by atoms with Gasteiger partial charge in [0.2, 0.25) is 0 Å². The van der Waals surface area contributed by atoms with Gasteiger partial charge < -0.3 is 5.11 Å². The summed E-state index contributed by atoms with van der Waals surface area (Å²) in [6.07, 6.45) is 1.65. The Morgan fingerprint density at radius 3 is 2.55 bits per heavy atom.